The molecule has 0 bridgehead atoms. The van der Waals surface area contributed by atoms with Crippen LogP contribution in [0, 0.1) is 6.92 Å². The fraction of sp³-hybridized carbons (Fsp3) is 0.440. The van der Waals surface area contributed by atoms with E-state index < -0.39 is 28.5 Å². The fourth-order valence-corrected chi connectivity index (χ4v) is 4.72. The minimum Gasteiger partial charge on any atom is -0.352 e. The van der Waals surface area contributed by atoms with Gasteiger partial charge in [-0.25, -0.2) is 8.42 Å². The summed E-state index contributed by atoms with van der Waals surface area (Å²) in [5.41, 5.74) is 2.32. The summed E-state index contributed by atoms with van der Waals surface area (Å²) in [6.07, 6.45) is 2.23. The minimum absolute atomic E-state index is 0.0351. The smallest absolute Gasteiger partial charge is 0.244 e. The van der Waals surface area contributed by atoms with Gasteiger partial charge < -0.3 is 10.2 Å². The standard InChI is InChI=1S/C25H34BrN3O4S/c1-6-19(4)27-25(31)23(7-2)28(16-20-13-11-18(3)12-14-20)24(30)17-29(34(5,32)33)22-10-8-9-21(26)15-22/h8-15,19,23H,6-7,16-17H2,1-5H3,(H,27,31)/t19-,23-/m1/s1. The third-order valence-corrected chi connectivity index (χ3v) is 7.27. The summed E-state index contributed by atoms with van der Waals surface area (Å²) in [6, 6.07) is 13.7. The molecule has 0 saturated heterocycles. The molecule has 0 fully saturated rings. The van der Waals surface area contributed by atoms with Crippen LogP contribution in [0.1, 0.15) is 44.7 Å². The third-order valence-electron chi connectivity index (χ3n) is 5.64. The number of hydrogen-bond donors (Lipinski definition) is 1. The Morgan fingerprint density at radius 2 is 1.71 bits per heavy atom. The molecule has 34 heavy (non-hydrogen) atoms. The first-order valence-electron chi connectivity index (χ1n) is 11.3. The van der Waals surface area contributed by atoms with Crippen LogP contribution in [0.25, 0.3) is 0 Å². The average molecular weight is 553 g/mol. The molecular formula is C25H34BrN3O4S. The number of benzene rings is 2. The highest BCUT2D eigenvalue weighted by molar-refractivity contribution is 9.10. The van der Waals surface area contributed by atoms with E-state index in [1.54, 1.807) is 24.3 Å². The lowest BCUT2D eigenvalue weighted by Crippen LogP contribution is -2.53. The molecule has 186 valence electrons. The van der Waals surface area contributed by atoms with E-state index >= 15 is 0 Å². The Morgan fingerprint density at radius 1 is 1.06 bits per heavy atom. The van der Waals surface area contributed by atoms with Crippen molar-refractivity contribution in [1.29, 1.82) is 0 Å². The molecule has 0 radical (unpaired) electrons. The molecule has 2 atom stereocenters. The molecule has 2 aromatic rings. The van der Waals surface area contributed by atoms with Crippen LogP contribution in [0.2, 0.25) is 0 Å². The number of carbonyl (C=O) groups excluding carboxylic acids is 2. The van der Waals surface area contributed by atoms with Gasteiger partial charge >= 0.3 is 0 Å². The Labute approximate surface area is 211 Å². The highest BCUT2D eigenvalue weighted by atomic mass is 79.9. The van der Waals surface area contributed by atoms with E-state index in [0.717, 1.165) is 28.1 Å². The summed E-state index contributed by atoms with van der Waals surface area (Å²) in [4.78, 5) is 28.2. The predicted molar refractivity (Wildman–Crippen MR) is 140 cm³/mol. The second-order valence-electron chi connectivity index (χ2n) is 8.50. The first-order valence-corrected chi connectivity index (χ1v) is 14.0. The average Bonchev–Trinajstić information content (AvgIpc) is 2.77. The molecule has 7 nitrogen and oxygen atoms in total. The second-order valence-corrected chi connectivity index (χ2v) is 11.3. The van der Waals surface area contributed by atoms with Crippen LogP contribution in [-0.2, 0) is 26.2 Å². The monoisotopic (exact) mass is 551 g/mol. The Balaban J connectivity index is 2.43. The minimum atomic E-state index is -3.75. The molecule has 1 N–H and O–H groups in total. The summed E-state index contributed by atoms with van der Waals surface area (Å²) < 4.78 is 27.0. The lowest BCUT2D eigenvalue weighted by molar-refractivity contribution is -0.140. The molecule has 0 saturated carbocycles. The van der Waals surface area contributed by atoms with Crippen molar-refractivity contribution in [3.05, 3.63) is 64.1 Å². The molecular weight excluding hydrogens is 518 g/mol. The van der Waals surface area contributed by atoms with Crippen molar-refractivity contribution in [2.45, 2.75) is 59.2 Å². The molecule has 2 rings (SSSR count). The van der Waals surface area contributed by atoms with Crippen molar-refractivity contribution in [3.63, 3.8) is 0 Å². The maximum Gasteiger partial charge on any atom is 0.244 e. The van der Waals surface area contributed by atoms with E-state index in [0.29, 0.717) is 16.6 Å². The summed E-state index contributed by atoms with van der Waals surface area (Å²) in [5, 5.41) is 2.96. The van der Waals surface area contributed by atoms with Crippen molar-refractivity contribution >= 4 is 43.5 Å². The first kappa shape index (κ1) is 27.9. The van der Waals surface area contributed by atoms with Crippen LogP contribution in [-0.4, -0.2) is 50.0 Å². The number of nitrogens with zero attached hydrogens (tertiary/aromatic N) is 2. The van der Waals surface area contributed by atoms with Gasteiger partial charge in [0, 0.05) is 17.1 Å². The summed E-state index contributed by atoms with van der Waals surface area (Å²) >= 11 is 3.36. The van der Waals surface area contributed by atoms with Crippen LogP contribution >= 0.6 is 15.9 Å². The van der Waals surface area contributed by atoms with Crippen molar-refractivity contribution in [1.82, 2.24) is 10.2 Å². The fourth-order valence-electron chi connectivity index (χ4n) is 3.50. The zero-order chi connectivity index (χ0) is 25.5. The number of aryl methyl sites for hydroxylation is 1. The lowest BCUT2D eigenvalue weighted by Gasteiger charge is -2.33. The molecule has 0 unspecified atom stereocenters. The largest absolute Gasteiger partial charge is 0.352 e. The number of rotatable bonds is 11. The van der Waals surface area contributed by atoms with E-state index in [4.69, 9.17) is 0 Å². The number of nitrogens with one attached hydrogen (secondary N) is 1. The van der Waals surface area contributed by atoms with Crippen LogP contribution in [0.4, 0.5) is 5.69 Å². The maximum atomic E-state index is 13.6. The maximum absolute atomic E-state index is 13.6. The zero-order valence-corrected chi connectivity index (χ0v) is 22.8. The predicted octanol–water partition coefficient (Wildman–Crippen LogP) is 4.25. The number of carbonyl (C=O) groups is 2. The molecule has 0 heterocycles. The molecule has 0 aliphatic rings. The first-order chi connectivity index (χ1) is 16.0. The number of hydrogen-bond acceptors (Lipinski definition) is 4. The summed E-state index contributed by atoms with van der Waals surface area (Å²) in [7, 11) is -3.75. The van der Waals surface area contributed by atoms with Gasteiger partial charge in [-0.1, -0.05) is 65.7 Å². The SMILES string of the molecule is CC[C@@H](C)NC(=O)[C@@H](CC)N(Cc1ccc(C)cc1)C(=O)CN(c1cccc(Br)c1)S(C)(=O)=O. The van der Waals surface area contributed by atoms with Crippen molar-refractivity contribution in [3.8, 4) is 0 Å². The third kappa shape index (κ3) is 7.84. The van der Waals surface area contributed by atoms with Gasteiger partial charge in [0.05, 0.1) is 11.9 Å². The highest BCUT2D eigenvalue weighted by Crippen LogP contribution is 2.23. The number of sulfonamides is 1. The van der Waals surface area contributed by atoms with Crippen molar-refractivity contribution < 1.29 is 18.0 Å². The van der Waals surface area contributed by atoms with Crippen LogP contribution in [0.3, 0.4) is 0 Å². The van der Waals surface area contributed by atoms with E-state index in [2.05, 4.69) is 21.2 Å². The van der Waals surface area contributed by atoms with Crippen LogP contribution < -0.4 is 9.62 Å². The Kier molecular flexibility index (Phi) is 10.1. The molecule has 0 aromatic heterocycles. The van der Waals surface area contributed by atoms with Gasteiger partial charge in [0.15, 0.2) is 0 Å². The molecule has 0 aliphatic carbocycles. The van der Waals surface area contributed by atoms with Gasteiger partial charge in [-0.2, -0.15) is 0 Å². The van der Waals surface area contributed by atoms with Gasteiger partial charge in [0.25, 0.3) is 0 Å². The second kappa shape index (κ2) is 12.4. The topological polar surface area (TPSA) is 86.8 Å². The quantitative estimate of drug-likeness (QED) is 0.452. The Bertz CT molecular complexity index is 1090. The van der Waals surface area contributed by atoms with Gasteiger partial charge in [-0.3, -0.25) is 13.9 Å². The Hall–Kier alpha value is -2.39. The molecule has 2 aromatic carbocycles. The molecule has 0 spiro atoms. The van der Waals surface area contributed by atoms with Gasteiger partial charge in [-0.05, 0) is 50.5 Å². The Morgan fingerprint density at radius 3 is 2.24 bits per heavy atom. The summed E-state index contributed by atoms with van der Waals surface area (Å²) in [5.74, 6) is -0.692. The van der Waals surface area contributed by atoms with E-state index in [-0.39, 0.29) is 18.5 Å². The molecule has 9 heteroatoms. The normalized spacial score (nSPS) is 13.1. The number of halogens is 1. The van der Waals surface area contributed by atoms with Crippen LogP contribution in [0.5, 0.6) is 0 Å². The molecule has 2 amide bonds. The highest BCUT2D eigenvalue weighted by Gasteiger charge is 2.32. The number of anilines is 1. The zero-order valence-electron chi connectivity index (χ0n) is 20.4. The van der Waals surface area contributed by atoms with Crippen molar-refractivity contribution in [2.24, 2.45) is 0 Å². The van der Waals surface area contributed by atoms with Gasteiger partial charge in [0.2, 0.25) is 21.8 Å². The summed E-state index contributed by atoms with van der Waals surface area (Å²) in [6.45, 7) is 7.50. The van der Waals surface area contributed by atoms with E-state index in [9.17, 15) is 18.0 Å². The van der Waals surface area contributed by atoms with E-state index in [1.807, 2.05) is 52.0 Å². The van der Waals surface area contributed by atoms with Crippen LogP contribution in [0.15, 0.2) is 53.0 Å². The van der Waals surface area contributed by atoms with Gasteiger partial charge in [-0.15, -0.1) is 0 Å². The lowest BCUT2D eigenvalue weighted by atomic mass is 10.1. The van der Waals surface area contributed by atoms with Gasteiger partial charge in [0.1, 0.15) is 12.6 Å². The number of amides is 2. The van der Waals surface area contributed by atoms with E-state index in [1.165, 1.54) is 4.90 Å². The van der Waals surface area contributed by atoms with Crippen molar-refractivity contribution in [2.75, 3.05) is 17.1 Å². The molecule has 0 aliphatic heterocycles.